The number of hydrogen-bond donors (Lipinski definition) is 1. The van der Waals surface area contributed by atoms with E-state index in [-0.39, 0.29) is 5.92 Å². The number of nitrogens with zero attached hydrogens (tertiary/aromatic N) is 1. The van der Waals surface area contributed by atoms with Crippen molar-refractivity contribution in [1.82, 2.24) is 4.90 Å². The number of aliphatic hydroxyl groups is 1. The molecule has 1 aliphatic rings. The van der Waals surface area contributed by atoms with Crippen LogP contribution in [0.25, 0.3) is 0 Å². The first kappa shape index (κ1) is 22.5. The second-order valence-corrected chi connectivity index (χ2v) is 8.69. The van der Waals surface area contributed by atoms with Crippen LogP contribution in [0.3, 0.4) is 0 Å². The maximum Gasteiger partial charge on any atom is 0.118 e. The number of morpholine rings is 1. The van der Waals surface area contributed by atoms with E-state index in [0.717, 1.165) is 55.3 Å². The van der Waals surface area contributed by atoms with Gasteiger partial charge in [-0.3, -0.25) is 4.90 Å². The fourth-order valence-electron chi connectivity index (χ4n) is 4.70. The quantitative estimate of drug-likeness (QED) is 0.568. The Bertz CT molecular complexity index is 983. The van der Waals surface area contributed by atoms with E-state index in [9.17, 15) is 5.11 Å². The third-order valence-electron chi connectivity index (χ3n) is 6.47. The third-order valence-corrected chi connectivity index (χ3v) is 6.47. The summed E-state index contributed by atoms with van der Waals surface area (Å²) >= 11 is 0. The molecule has 1 aliphatic heterocycles. The summed E-state index contributed by atoms with van der Waals surface area (Å²) in [6.45, 7) is 6.10. The molecule has 0 bridgehead atoms. The fourth-order valence-corrected chi connectivity index (χ4v) is 4.70. The van der Waals surface area contributed by atoms with Crippen molar-refractivity contribution in [3.63, 3.8) is 0 Å². The number of rotatable bonds is 8. The monoisotopic (exact) mass is 431 g/mol. The summed E-state index contributed by atoms with van der Waals surface area (Å²) < 4.78 is 11.0. The summed E-state index contributed by atoms with van der Waals surface area (Å²) in [7, 11) is 1.67. The van der Waals surface area contributed by atoms with Crippen LogP contribution in [0.15, 0.2) is 78.9 Å². The highest BCUT2D eigenvalue weighted by Crippen LogP contribution is 2.41. The highest BCUT2D eigenvalue weighted by Gasteiger charge is 2.40. The zero-order valence-electron chi connectivity index (χ0n) is 19.0. The third kappa shape index (κ3) is 5.21. The molecule has 0 aromatic heterocycles. The summed E-state index contributed by atoms with van der Waals surface area (Å²) in [6, 6.07) is 26.7. The van der Waals surface area contributed by atoms with Gasteiger partial charge in [0.15, 0.2) is 0 Å². The molecule has 168 valence electrons. The van der Waals surface area contributed by atoms with Gasteiger partial charge in [0.2, 0.25) is 0 Å². The molecule has 4 rings (SSSR count). The Morgan fingerprint density at radius 2 is 1.69 bits per heavy atom. The summed E-state index contributed by atoms with van der Waals surface area (Å²) in [6.07, 6.45) is 0.533. The molecule has 4 nitrogen and oxygen atoms in total. The van der Waals surface area contributed by atoms with Crippen molar-refractivity contribution < 1.29 is 14.6 Å². The Morgan fingerprint density at radius 1 is 0.969 bits per heavy atom. The van der Waals surface area contributed by atoms with Crippen LogP contribution in [0.5, 0.6) is 5.75 Å². The van der Waals surface area contributed by atoms with Gasteiger partial charge in [-0.05, 0) is 35.7 Å². The smallest absolute Gasteiger partial charge is 0.118 e. The van der Waals surface area contributed by atoms with Crippen molar-refractivity contribution in [2.24, 2.45) is 0 Å². The van der Waals surface area contributed by atoms with E-state index in [1.165, 1.54) is 5.56 Å². The van der Waals surface area contributed by atoms with Gasteiger partial charge in [-0.15, -0.1) is 0 Å². The molecule has 2 atom stereocenters. The van der Waals surface area contributed by atoms with Crippen LogP contribution >= 0.6 is 0 Å². The average molecular weight is 432 g/mol. The maximum absolute atomic E-state index is 12.5. The average Bonchev–Trinajstić information content (AvgIpc) is 2.84. The van der Waals surface area contributed by atoms with Crippen molar-refractivity contribution in [2.75, 3.05) is 40.0 Å². The van der Waals surface area contributed by atoms with Gasteiger partial charge in [0.25, 0.3) is 0 Å². The molecule has 4 heteroatoms. The minimum atomic E-state index is -1.08. The first-order valence-corrected chi connectivity index (χ1v) is 11.4. The number of ether oxygens (including phenoxy) is 2. The molecule has 3 aromatic rings. The van der Waals surface area contributed by atoms with Crippen LogP contribution in [-0.2, 0) is 16.8 Å². The SMILES string of the molecule is COc1ccc([C@@](O)(Cc2cccc(C)c2)[C@@H](CN2CCOCC2)c2ccccc2)cc1. The van der Waals surface area contributed by atoms with Gasteiger partial charge < -0.3 is 14.6 Å². The van der Waals surface area contributed by atoms with E-state index in [0.29, 0.717) is 6.42 Å². The zero-order chi connectivity index (χ0) is 22.4. The van der Waals surface area contributed by atoms with E-state index in [4.69, 9.17) is 9.47 Å². The van der Waals surface area contributed by atoms with Gasteiger partial charge >= 0.3 is 0 Å². The van der Waals surface area contributed by atoms with Crippen molar-refractivity contribution in [3.8, 4) is 5.75 Å². The van der Waals surface area contributed by atoms with Crippen molar-refractivity contribution >= 4 is 0 Å². The first-order valence-electron chi connectivity index (χ1n) is 11.4. The first-order chi connectivity index (χ1) is 15.6. The number of hydrogen-bond acceptors (Lipinski definition) is 4. The van der Waals surface area contributed by atoms with Gasteiger partial charge in [-0.2, -0.15) is 0 Å². The number of aryl methyl sites for hydroxylation is 1. The van der Waals surface area contributed by atoms with E-state index in [1.54, 1.807) is 7.11 Å². The highest BCUT2D eigenvalue weighted by molar-refractivity contribution is 5.38. The van der Waals surface area contributed by atoms with Crippen LogP contribution in [0.4, 0.5) is 0 Å². The van der Waals surface area contributed by atoms with Crippen molar-refractivity contribution in [1.29, 1.82) is 0 Å². The molecule has 0 amide bonds. The molecule has 0 saturated carbocycles. The standard InChI is InChI=1S/C28H33NO3/c1-22-7-6-8-23(19-22)20-28(30,25-11-13-26(31-2)14-12-25)27(24-9-4-3-5-10-24)21-29-15-17-32-18-16-29/h3-14,19,27,30H,15-18,20-21H2,1-2H3/t27-,28-/m0/s1. The molecular weight excluding hydrogens is 398 g/mol. The molecular formula is C28H33NO3. The van der Waals surface area contributed by atoms with Gasteiger partial charge in [-0.1, -0.05) is 72.3 Å². The lowest BCUT2D eigenvalue weighted by Crippen LogP contribution is -2.45. The van der Waals surface area contributed by atoms with Crippen LogP contribution in [0.1, 0.15) is 28.2 Å². The highest BCUT2D eigenvalue weighted by atomic mass is 16.5. The van der Waals surface area contributed by atoms with Gasteiger partial charge in [-0.25, -0.2) is 0 Å². The second-order valence-electron chi connectivity index (χ2n) is 8.69. The van der Waals surface area contributed by atoms with Crippen molar-refractivity contribution in [3.05, 3.63) is 101 Å². The molecule has 1 fully saturated rings. The second kappa shape index (κ2) is 10.3. The molecule has 0 unspecified atom stereocenters. The Hall–Kier alpha value is -2.66. The lowest BCUT2D eigenvalue weighted by molar-refractivity contribution is -0.0223. The molecule has 1 heterocycles. The predicted octanol–water partition coefficient (Wildman–Crippen LogP) is 4.55. The van der Waals surface area contributed by atoms with Crippen LogP contribution < -0.4 is 4.74 Å². The van der Waals surface area contributed by atoms with Gasteiger partial charge in [0.1, 0.15) is 11.4 Å². The predicted molar refractivity (Wildman–Crippen MR) is 128 cm³/mol. The number of methoxy groups -OCH3 is 1. The van der Waals surface area contributed by atoms with Crippen LogP contribution in [0.2, 0.25) is 0 Å². The molecule has 0 spiro atoms. The van der Waals surface area contributed by atoms with Gasteiger partial charge in [0, 0.05) is 32.0 Å². The van der Waals surface area contributed by atoms with E-state index in [1.807, 2.05) is 30.3 Å². The molecule has 32 heavy (non-hydrogen) atoms. The summed E-state index contributed by atoms with van der Waals surface area (Å²) in [5, 5.41) is 12.5. The molecule has 0 radical (unpaired) electrons. The van der Waals surface area contributed by atoms with E-state index >= 15 is 0 Å². The van der Waals surface area contributed by atoms with Crippen molar-refractivity contribution in [2.45, 2.75) is 24.9 Å². The molecule has 1 N–H and O–H groups in total. The fraction of sp³-hybridized carbons (Fsp3) is 0.357. The zero-order valence-corrected chi connectivity index (χ0v) is 19.0. The van der Waals surface area contributed by atoms with Crippen LogP contribution in [-0.4, -0.2) is 50.0 Å². The normalized spacial score (nSPS) is 17.5. The molecule has 1 saturated heterocycles. The summed E-state index contributed by atoms with van der Waals surface area (Å²) in [5.74, 6) is 0.687. The lowest BCUT2D eigenvalue weighted by atomic mass is 9.73. The Kier molecular flexibility index (Phi) is 7.26. The molecule has 0 aliphatic carbocycles. The summed E-state index contributed by atoms with van der Waals surface area (Å²) in [4.78, 5) is 2.41. The van der Waals surface area contributed by atoms with E-state index < -0.39 is 5.60 Å². The maximum atomic E-state index is 12.5. The Labute approximate surface area is 191 Å². The Balaban J connectivity index is 1.79. The molecule has 3 aromatic carbocycles. The van der Waals surface area contributed by atoms with E-state index in [2.05, 4.69) is 60.4 Å². The topological polar surface area (TPSA) is 41.9 Å². The minimum Gasteiger partial charge on any atom is -0.497 e. The minimum absolute atomic E-state index is 0.101. The number of benzene rings is 3. The van der Waals surface area contributed by atoms with Gasteiger partial charge in [0.05, 0.1) is 20.3 Å². The largest absolute Gasteiger partial charge is 0.497 e. The lowest BCUT2D eigenvalue weighted by Gasteiger charge is -2.41. The van der Waals surface area contributed by atoms with Crippen LogP contribution in [0, 0.1) is 6.92 Å². The summed E-state index contributed by atoms with van der Waals surface area (Å²) in [5.41, 5.74) is 3.29. The Morgan fingerprint density at radius 3 is 2.34 bits per heavy atom.